The van der Waals surface area contributed by atoms with Gasteiger partial charge in [0, 0.05) is 16.2 Å². The van der Waals surface area contributed by atoms with E-state index in [4.69, 9.17) is 5.41 Å². The van der Waals surface area contributed by atoms with Gasteiger partial charge >= 0.3 is 0 Å². The zero-order chi connectivity index (χ0) is 11.5. The predicted octanol–water partition coefficient (Wildman–Crippen LogP) is 3.57. The van der Waals surface area contributed by atoms with Crippen molar-refractivity contribution in [2.75, 3.05) is 0 Å². The van der Waals surface area contributed by atoms with E-state index in [1.165, 1.54) is 5.56 Å². The number of aryl methyl sites for hydroxylation is 1. The quantitative estimate of drug-likeness (QED) is 0.836. The van der Waals surface area contributed by atoms with Crippen molar-refractivity contribution in [3.63, 3.8) is 0 Å². The fourth-order valence-electron chi connectivity index (χ4n) is 1.39. The Labute approximate surface area is 103 Å². The van der Waals surface area contributed by atoms with Crippen molar-refractivity contribution in [3.8, 4) is 0 Å². The molecule has 1 aromatic carbocycles. The molecule has 1 N–H and O–H groups in total. The number of pyridine rings is 1. The monoisotopic (exact) mass is 274 g/mol. The molecule has 2 nitrogen and oxygen atoms in total. The lowest BCUT2D eigenvalue weighted by Crippen LogP contribution is -2.03. The van der Waals surface area contributed by atoms with Gasteiger partial charge in [0.2, 0.25) is 0 Å². The maximum absolute atomic E-state index is 8.03. The first kappa shape index (κ1) is 11.0. The van der Waals surface area contributed by atoms with Crippen LogP contribution in [0.15, 0.2) is 47.1 Å². The average molecular weight is 275 g/mol. The molecule has 0 radical (unpaired) electrons. The van der Waals surface area contributed by atoms with Crippen LogP contribution >= 0.6 is 15.9 Å². The summed E-state index contributed by atoms with van der Waals surface area (Å²) in [6.07, 6.45) is 1.71. The lowest BCUT2D eigenvalue weighted by atomic mass is 10.1. The summed E-state index contributed by atoms with van der Waals surface area (Å²) in [5.74, 6) is 0. The van der Waals surface area contributed by atoms with Gasteiger partial charge in [-0.15, -0.1) is 0 Å². The molecule has 0 spiro atoms. The van der Waals surface area contributed by atoms with E-state index < -0.39 is 0 Å². The zero-order valence-electron chi connectivity index (χ0n) is 8.87. The van der Waals surface area contributed by atoms with Crippen LogP contribution in [0.2, 0.25) is 0 Å². The summed E-state index contributed by atoms with van der Waals surface area (Å²) in [6, 6.07) is 11.6. The van der Waals surface area contributed by atoms with Gasteiger partial charge in [0.1, 0.15) is 0 Å². The van der Waals surface area contributed by atoms with E-state index in [1.807, 2.05) is 43.3 Å². The number of rotatable bonds is 2. The van der Waals surface area contributed by atoms with Crippen LogP contribution in [0.25, 0.3) is 0 Å². The fourth-order valence-corrected chi connectivity index (χ4v) is 1.63. The number of halogens is 1. The minimum atomic E-state index is 0.451. The van der Waals surface area contributed by atoms with Crippen molar-refractivity contribution in [1.82, 2.24) is 4.98 Å². The molecular weight excluding hydrogens is 264 g/mol. The summed E-state index contributed by atoms with van der Waals surface area (Å²) in [5, 5.41) is 8.03. The Bertz CT molecular complexity index is 453. The zero-order valence-corrected chi connectivity index (χ0v) is 10.5. The van der Waals surface area contributed by atoms with E-state index in [1.54, 1.807) is 6.20 Å². The Morgan fingerprint density at radius 3 is 2.38 bits per heavy atom. The maximum atomic E-state index is 8.03. The Hall–Kier alpha value is -1.48. The van der Waals surface area contributed by atoms with Crippen LogP contribution < -0.4 is 0 Å². The Morgan fingerprint density at radius 1 is 1.12 bits per heavy atom. The van der Waals surface area contributed by atoms with Crippen LogP contribution in [0.1, 0.15) is 16.8 Å². The van der Waals surface area contributed by atoms with Gasteiger partial charge in [-0.05, 0) is 35.0 Å². The van der Waals surface area contributed by atoms with Crippen LogP contribution in [0.5, 0.6) is 0 Å². The molecule has 2 aromatic rings. The van der Waals surface area contributed by atoms with Crippen LogP contribution in [-0.4, -0.2) is 10.7 Å². The second kappa shape index (κ2) is 4.58. The van der Waals surface area contributed by atoms with E-state index in [-0.39, 0.29) is 0 Å². The highest BCUT2D eigenvalue weighted by Gasteiger charge is 2.05. The average Bonchev–Trinajstić information content (AvgIpc) is 2.30. The third-order valence-corrected chi connectivity index (χ3v) is 2.79. The molecule has 1 heterocycles. The molecular formula is C13H11BrN2. The van der Waals surface area contributed by atoms with E-state index in [9.17, 15) is 0 Å². The summed E-state index contributed by atoms with van der Waals surface area (Å²) >= 11 is 3.33. The van der Waals surface area contributed by atoms with Crippen LogP contribution in [-0.2, 0) is 0 Å². The van der Waals surface area contributed by atoms with E-state index in [0.29, 0.717) is 11.4 Å². The van der Waals surface area contributed by atoms with E-state index >= 15 is 0 Å². The molecule has 80 valence electrons. The molecule has 1 aromatic heterocycles. The number of benzene rings is 1. The van der Waals surface area contributed by atoms with Crippen molar-refractivity contribution in [2.45, 2.75) is 6.92 Å². The second-order valence-electron chi connectivity index (χ2n) is 3.60. The van der Waals surface area contributed by atoms with Crippen LogP contribution in [0.4, 0.5) is 0 Å². The standard InChI is InChI=1S/C13H11BrN2/c1-9-2-4-10(5-3-9)13(15)12-7-6-11(14)8-16-12/h2-8,15H,1H3. The number of hydrogen-bond donors (Lipinski definition) is 1. The van der Waals surface area contributed by atoms with Gasteiger partial charge in [-0.2, -0.15) is 0 Å². The summed E-state index contributed by atoms with van der Waals surface area (Å²) in [6.45, 7) is 2.03. The van der Waals surface area contributed by atoms with Crippen LogP contribution in [0.3, 0.4) is 0 Å². The molecule has 0 aliphatic rings. The smallest absolute Gasteiger partial charge is 0.0885 e. The molecule has 0 saturated heterocycles. The summed E-state index contributed by atoms with van der Waals surface area (Å²) < 4.78 is 0.924. The normalized spacial score (nSPS) is 10.1. The highest BCUT2D eigenvalue weighted by atomic mass is 79.9. The second-order valence-corrected chi connectivity index (χ2v) is 4.52. The summed E-state index contributed by atoms with van der Waals surface area (Å²) in [7, 11) is 0. The highest BCUT2D eigenvalue weighted by Crippen LogP contribution is 2.12. The third kappa shape index (κ3) is 2.36. The third-order valence-electron chi connectivity index (χ3n) is 2.32. The first-order valence-electron chi connectivity index (χ1n) is 4.94. The lowest BCUT2D eigenvalue weighted by molar-refractivity contribution is 1.25. The van der Waals surface area contributed by atoms with Crippen LogP contribution in [0, 0.1) is 12.3 Å². The molecule has 2 rings (SSSR count). The number of aromatic nitrogens is 1. The SMILES string of the molecule is Cc1ccc(C(=N)c2ccc(Br)cn2)cc1. The highest BCUT2D eigenvalue weighted by molar-refractivity contribution is 9.10. The van der Waals surface area contributed by atoms with Gasteiger partial charge in [-0.1, -0.05) is 29.8 Å². The van der Waals surface area contributed by atoms with Crippen molar-refractivity contribution >= 4 is 21.6 Å². The largest absolute Gasteiger partial charge is 0.298 e. The Kier molecular flexibility index (Phi) is 3.15. The van der Waals surface area contributed by atoms with Crippen molar-refractivity contribution in [2.24, 2.45) is 0 Å². The minimum Gasteiger partial charge on any atom is -0.298 e. The molecule has 0 aliphatic heterocycles. The molecule has 0 aliphatic carbocycles. The summed E-state index contributed by atoms with van der Waals surface area (Å²) in [5.41, 5.74) is 3.22. The minimum absolute atomic E-state index is 0.451. The van der Waals surface area contributed by atoms with Gasteiger partial charge in [-0.25, -0.2) is 0 Å². The Balaban J connectivity index is 2.32. The lowest BCUT2D eigenvalue weighted by Gasteiger charge is -2.04. The molecule has 3 heteroatoms. The first-order valence-corrected chi connectivity index (χ1v) is 5.73. The molecule has 0 saturated carbocycles. The predicted molar refractivity (Wildman–Crippen MR) is 69.0 cm³/mol. The topological polar surface area (TPSA) is 36.7 Å². The molecule has 16 heavy (non-hydrogen) atoms. The first-order chi connectivity index (χ1) is 7.66. The van der Waals surface area contributed by atoms with Gasteiger partial charge in [0.05, 0.1) is 11.4 Å². The number of hydrogen-bond acceptors (Lipinski definition) is 2. The Morgan fingerprint density at radius 2 is 1.81 bits per heavy atom. The van der Waals surface area contributed by atoms with E-state index in [2.05, 4.69) is 20.9 Å². The molecule has 0 fully saturated rings. The van der Waals surface area contributed by atoms with E-state index in [0.717, 1.165) is 10.0 Å². The van der Waals surface area contributed by atoms with Gasteiger partial charge in [0.15, 0.2) is 0 Å². The number of nitrogens with zero attached hydrogens (tertiary/aromatic N) is 1. The van der Waals surface area contributed by atoms with Gasteiger partial charge in [0.25, 0.3) is 0 Å². The molecule has 0 atom stereocenters. The number of nitrogens with one attached hydrogen (secondary N) is 1. The van der Waals surface area contributed by atoms with Crippen molar-refractivity contribution < 1.29 is 0 Å². The molecule has 0 amide bonds. The van der Waals surface area contributed by atoms with Gasteiger partial charge in [-0.3, -0.25) is 10.4 Å². The maximum Gasteiger partial charge on any atom is 0.0885 e. The fraction of sp³-hybridized carbons (Fsp3) is 0.0769. The molecule has 0 bridgehead atoms. The molecule has 0 unspecified atom stereocenters. The van der Waals surface area contributed by atoms with Crippen molar-refractivity contribution in [1.29, 1.82) is 5.41 Å². The summed E-state index contributed by atoms with van der Waals surface area (Å²) in [4.78, 5) is 4.21. The van der Waals surface area contributed by atoms with Crippen molar-refractivity contribution in [3.05, 3.63) is 63.9 Å². The van der Waals surface area contributed by atoms with Gasteiger partial charge < -0.3 is 0 Å².